The van der Waals surface area contributed by atoms with Gasteiger partial charge in [-0.2, -0.15) is 10.4 Å². The van der Waals surface area contributed by atoms with E-state index < -0.39 is 5.60 Å². The van der Waals surface area contributed by atoms with E-state index in [1.54, 1.807) is 0 Å². The van der Waals surface area contributed by atoms with Crippen molar-refractivity contribution >= 4 is 11.9 Å². The van der Waals surface area contributed by atoms with E-state index in [9.17, 15) is 10.1 Å². The number of piperidine rings is 1. The maximum atomic E-state index is 12.0. The fraction of sp³-hybridized carbons (Fsp3) is 0.667. The standard InChI is InChI=1S/C18H27N5O2/c1-11-10-23(16-14(9-19)12(2)13(3)21-22-16)8-7-15(11)20-17(24)25-18(4,5)6/h11,15H,7-8,10H2,1-6H3,(H,20,24)/t11-,15+/m0/s1. The van der Waals surface area contributed by atoms with Crippen LogP contribution in [-0.4, -0.2) is 41.0 Å². The molecule has 1 N–H and O–H groups in total. The Morgan fingerprint density at radius 2 is 2.04 bits per heavy atom. The Kier molecular flexibility index (Phi) is 5.51. The third-order valence-electron chi connectivity index (χ3n) is 4.45. The van der Waals surface area contributed by atoms with E-state index >= 15 is 0 Å². The summed E-state index contributed by atoms with van der Waals surface area (Å²) in [6, 6.07) is 2.29. The molecule has 1 aromatic rings. The summed E-state index contributed by atoms with van der Waals surface area (Å²) in [7, 11) is 0. The zero-order valence-corrected chi connectivity index (χ0v) is 15.9. The van der Waals surface area contributed by atoms with Crippen LogP contribution in [0.4, 0.5) is 10.6 Å². The van der Waals surface area contributed by atoms with Gasteiger partial charge in [0, 0.05) is 19.1 Å². The van der Waals surface area contributed by atoms with Crippen molar-refractivity contribution in [3.8, 4) is 6.07 Å². The Balaban J connectivity index is 2.06. The van der Waals surface area contributed by atoms with E-state index in [2.05, 4.69) is 33.4 Å². The lowest BCUT2D eigenvalue weighted by Crippen LogP contribution is -2.51. The average Bonchev–Trinajstić information content (AvgIpc) is 2.50. The normalized spacial score (nSPS) is 20.8. The molecule has 1 aliphatic heterocycles. The number of nitriles is 1. The van der Waals surface area contributed by atoms with Gasteiger partial charge in [0.05, 0.1) is 5.69 Å². The Morgan fingerprint density at radius 3 is 2.60 bits per heavy atom. The van der Waals surface area contributed by atoms with Crippen molar-refractivity contribution in [2.45, 2.75) is 59.6 Å². The van der Waals surface area contributed by atoms with Crippen molar-refractivity contribution < 1.29 is 9.53 Å². The molecule has 0 saturated carbocycles. The largest absolute Gasteiger partial charge is 0.444 e. The Bertz CT molecular complexity index is 690. The Labute approximate surface area is 149 Å². The van der Waals surface area contributed by atoms with Gasteiger partial charge in [-0.25, -0.2) is 4.79 Å². The second-order valence-corrected chi connectivity index (χ2v) is 7.69. The van der Waals surface area contributed by atoms with E-state index in [0.29, 0.717) is 24.5 Å². The molecule has 0 aromatic carbocycles. The number of hydrogen-bond donors (Lipinski definition) is 1. The lowest BCUT2D eigenvalue weighted by molar-refractivity contribution is 0.0481. The maximum absolute atomic E-state index is 12.0. The molecule has 136 valence electrons. The molecule has 7 heteroatoms. The van der Waals surface area contributed by atoms with Gasteiger partial charge in [-0.3, -0.25) is 0 Å². The van der Waals surface area contributed by atoms with Crippen LogP contribution in [0.25, 0.3) is 0 Å². The summed E-state index contributed by atoms with van der Waals surface area (Å²) in [5.74, 6) is 0.837. The van der Waals surface area contributed by atoms with Gasteiger partial charge < -0.3 is 15.0 Å². The van der Waals surface area contributed by atoms with Gasteiger partial charge in [-0.15, -0.1) is 5.10 Å². The number of carbonyl (C=O) groups is 1. The molecule has 2 rings (SSSR count). The van der Waals surface area contributed by atoms with Crippen LogP contribution in [0.1, 0.15) is 50.9 Å². The molecule has 0 radical (unpaired) electrons. The molecule has 1 aliphatic rings. The Hall–Kier alpha value is -2.36. The molecular formula is C18H27N5O2. The lowest BCUT2D eigenvalue weighted by Gasteiger charge is -2.38. The second-order valence-electron chi connectivity index (χ2n) is 7.69. The van der Waals surface area contributed by atoms with Crippen molar-refractivity contribution in [1.29, 1.82) is 5.26 Å². The first-order valence-electron chi connectivity index (χ1n) is 8.61. The summed E-state index contributed by atoms with van der Waals surface area (Å²) >= 11 is 0. The third kappa shape index (κ3) is 4.59. The number of alkyl carbamates (subject to hydrolysis) is 1. The van der Waals surface area contributed by atoms with Gasteiger partial charge in [0.1, 0.15) is 17.2 Å². The number of anilines is 1. The molecule has 7 nitrogen and oxygen atoms in total. The van der Waals surface area contributed by atoms with Gasteiger partial charge in [0.15, 0.2) is 5.82 Å². The number of hydrogen-bond acceptors (Lipinski definition) is 6. The van der Waals surface area contributed by atoms with Crippen LogP contribution in [0.2, 0.25) is 0 Å². The lowest BCUT2D eigenvalue weighted by atomic mass is 9.93. The fourth-order valence-electron chi connectivity index (χ4n) is 2.96. The molecule has 25 heavy (non-hydrogen) atoms. The summed E-state index contributed by atoms with van der Waals surface area (Å²) < 4.78 is 5.34. The quantitative estimate of drug-likeness (QED) is 0.886. The molecule has 2 atom stereocenters. The number of carbonyl (C=O) groups excluding carboxylic acids is 1. The molecule has 1 fully saturated rings. The van der Waals surface area contributed by atoms with E-state index in [0.717, 1.165) is 17.7 Å². The smallest absolute Gasteiger partial charge is 0.407 e. The first-order chi connectivity index (χ1) is 11.6. The number of ether oxygens (including phenoxy) is 1. The molecular weight excluding hydrogens is 318 g/mol. The molecule has 1 amide bonds. The van der Waals surface area contributed by atoms with Crippen molar-refractivity contribution in [3.05, 3.63) is 16.8 Å². The van der Waals surface area contributed by atoms with Gasteiger partial charge >= 0.3 is 6.09 Å². The number of nitrogens with one attached hydrogen (secondary N) is 1. The summed E-state index contributed by atoms with van der Waals surface area (Å²) in [6.45, 7) is 12.8. The topological polar surface area (TPSA) is 91.1 Å². The van der Waals surface area contributed by atoms with E-state index in [1.807, 2.05) is 34.6 Å². The van der Waals surface area contributed by atoms with Crippen LogP contribution in [0.3, 0.4) is 0 Å². The van der Waals surface area contributed by atoms with E-state index in [-0.39, 0.29) is 18.1 Å². The highest BCUT2D eigenvalue weighted by Gasteiger charge is 2.31. The highest BCUT2D eigenvalue weighted by Crippen LogP contribution is 2.26. The van der Waals surface area contributed by atoms with Gasteiger partial charge in [-0.05, 0) is 52.5 Å². The van der Waals surface area contributed by atoms with Crippen LogP contribution in [0.15, 0.2) is 0 Å². The number of amides is 1. The van der Waals surface area contributed by atoms with Crippen molar-refractivity contribution in [3.63, 3.8) is 0 Å². The third-order valence-corrected chi connectivity index (χ3v) is 4.45. The van der Waals surface area contributed by atoms with E-state index in [4.69, 9.17) is 4.74 Å². The summed E-state index contributed by atoms with van der Waals surface area (Å²) in [5.41, 5.74) is 1.72. The number of aromatic nitrogens is 2. The fourth-order valence-corrected chi connectivity index (χ4v) is 2.96. The van der Waals surface area contributed by atoms with Gasteiger partial charge in [0.2, 0.25) is 0 Å². The molecule has 0 aliphatic carbocycles. The van der Waals surface area contributed by atoms with Crippen LogP contribution < -0.4 is 10.2 Å². The van der Waals surface area contributed by atoms with Crippen molar-refractivity contribution in [1.82, 2.24) is 15.5 Å². The minimum atomic E-state index is -0.509. The Morgan fingerprint density at radius 1 is 1.36 bits per heavy atom. The molecule has 0 unspecified atom stereocenters. The number of aryl methyl sites for hydroxylation is 1. The van der Waals surface area contributed by atoms with Crippen molar-refractivity contribution in [2.75, 3.05) is 18.0 Å². The predicted molar refractivity (Wildman–Crippen MR) is 95.4 cm³/mol. The zero-order chi connectivity index (χ0) is 18.8. The summed E-state index contributed by atoms with van der Waals surface area (Å²) in [4.78, 5) is 14.1. The van der Waals surface area contributed by atoms with Crippen molar-refractivity contribution in [2.24, 2.45) is 5.92 Å². The molecule has 1 saturated heterocycles. The first kappa shape index (κ1) is 19.0. The monoisotopic (exact) mass is 345 g/mol. The molecule has 0 bridgehead atoms. The van der Waals surface area contributed by atoms with Crippen LogP contribution in [-0.2, 0) is 4.74 Å². The zero-order valence-electron chi connectivity index (χ0n) is 15.9. The molecule has 1 aromatic heterocycles. The van der Waals surface area contributed by atoms with Crippen LogP contribution in [0.5, 0.6) is 0 Å². The van der Waals surface area contributed by atoms with Gasteiger partial charge in [-0.1, -0.05) is 6.92 Å². The predicted octanol–water partition coefficient (Wildman–Crippen LogP) is 2.70. The minimum absolute atomic E-state index is 0.0381. The minimum Gasteiger partial charge on any atom is -0.444 e. The summed E-state index contributed by atoms with van der Waals surface area (Å²) in [6.07, 6.45) is 0.376. The second kappa shape index (κ2) is 7.26. The van der Waals surface area contributed by atoms with Crippen LogP contribution in [0, 0.1) is 31.1 Å². The highest BCUT2D eigenvalue weighted by atomic mass is 16.6. The van der Waals surface area contributed by atoms with Crippen LogP contribution >= 0.6 is 0 Å². The highest BCUT2D eigenvalue weighted by molar-refractivity contribution is 5.68. The maximum Gasteiger partial charge on any atom is 0.407 e. The summed E-state index contributed by atoms with van der Waals surface area (Å²) in [5, 5.41) is 20.8. The molecule has 2 heterocycles. The average molecular weight is 345 g/mol. The first-order valence-corrected chi connectivity index (χ1v) is 8.61. The molecule has 0 spiro atoms. The van der Waals surface area contributed by atoms with E-state index in [1.165, 1.54) is 0 Å². The number of rotatable bonds is 2. The number of nitrogens with zero attached hydrogens (tertiary/aromatic N) is 4. The van der Waals surface area contributed by atoms with Gasteiger partial charge in [0.25, 0.3) is 0 Å². The SMILES string of the molecule is Cc1nnc(N2CC[C@@H](NC(=O)OC(C)(C)C)[C@@H](C)C2)c(C#N)c1C.